The number of benzene rings is 2. The van der Waals surface area contributed by atoms with E-state index in [9.17, 15) is 8.78 Å². The van der Waals surface area contributed by atoms with Gasteiger partial charge in [0.2, 0.25) is 0 Å². The Balaban J connectivity index is 2.48. The summed E-state index contributed by atoms with van der Waals surface area (Å²) >= 11 is 0. The maximum Gasteiger partial charge on any atom is 0.126 e. The molecule has 0 aliphatic heterocycles. The minimum Gasteiger partial charge on any atom is -0.497 e. The van der Waals surface area contributed by atoms with Crippen LogP contribution < -0.4 is 10.1 Å². The molecule has 1 N–H and O–H groups in total. The highest BCUT2D eigenvalue weighted by Gasteiger charge is 2.09. The molecule has 0 heterocycles. The van der Waals surface area contributed by atoms with Gasteiger partial charge in [0, 0.05) is 12.6 Å². The molecule has 20 heavy (non-hydrogen) atoms. The molecule has 0 amide bonds. The number of hydrogen-bond acceptors (Lipinski definition) is 2. The molecule has 4 heteroatoms. The normalized spacial score (nSPS) is 10.6. The van der Waals surface area contributed by atoms with Crippen LogP contribution in [0, 0.1) is 11.6 Å². The lowest BCUT2D eigenvalue weighted by atomic mass is 9.99. The van der Waals surface area contributed by atoms with Gasteiger partial charge in [0.05, 0.1) is 7.11 Å². The molecule has 0 saturated carbocycles. The van der Waals surface area contributed by atoms with Crippen molar-refractivity contribution in [1.82, 2.24) is 5.32 Å². The van der Waals surface area contributed by atoms with Crippen LogP contribution >= 0.6 is 0 Å². The Morgan fingerprint density at radius 2 is 1.75 bits per heavy atom. The second-order valence-electron chi connectivity index (χ2n) is 4.46. The number of rotatable bonds is 5. The Bertz CT molecular complexity index is 579. The van der Waals surface area contributed by atoms with Crippen molar-refractivity contribution in [3.05, 3.63) is 53.6 Å². The first-order chi connectivity index (χ1) is 9.63. The van der Waals surface area contributed by atoms with Gasteiger partial charge in [-0.15, -0.1) is 0 Å². The highest BCUT2D eigenvalue weighted by molar-refractivity contribution is 5.68. The summed E-state index contributed by atoms with van der Waals surface area (Å²) < 4.78 is 31.9. The Kier molecular flexibility index (Phi) is 4.69. The summed E-state index contributed by atoms with van der Waals surface area (Å²) in [5.41, 5.74) is 2.26. The fourth-order valence-corrected chi connectivity index (χ4v) is 2.09. The van der Waals surface area contributed by atoms with Gasteiger partial charge in [-0.05, 0) is 47.5 Å². The van der Waals surface area contributed by atoms with Crippen molar-refractivity contribution < 1.29 is 13.5 Å². The highest BCUT2D eigenvalue weighted by atomic mass is 19.1. The first-order valence-electron chi connectivity index (χ1n) is 6.48. The SMILES string of the molecule is CCNCc1cc(OC)ccc1-c1cc(F)cc(F)c1. The summed E-state index contributed by atoms with van der Waals surface area (Å²) in [6, 6.07) is 9.02. The standard InChI is InChI=1S/C16H17F2NO/c1-3-19-10-12-8-15(20-2)4-5-16(12)11-6-13(17)9-14(18)7-11/h4-9,19H,3,10H2,1-2H3. The Morgan fingerprint density at radius 3 is 2.35 bits per heavy atom. The minimum absolute atomic E-state index is 0.526. The first-order valence-corrected chi connectivity index (χ1v) is 6.48. The molecular formula is C16H17F2NO. The Morgan fingerprint density at radius 1 is 1.05 bits per heavy atom. The van der Waals surface area contributed by atoms with Gasteiger partial charge in [-0.2, -0.15) is 0 Å². The lowest BCUT2D eigenvalue weighted by molar-refractivity contribution is 0.414. The molecule has 0 fully saturated rings. The number of ether oxygens (including phenoxy) is 1. The summed E-state index contributed by atoms with van der Waals surface area (Å²) in [5.74, 6) is -0.436. The first kappa shape index (κ1) is 14.5. The number of methoxy groups -OCH3 is 1. The van der Waals surface area contributed by atoms with Crippen molar-refractivity contribution in [1.29, 1.82) is 0 Å². The van der Waals surface area contributed by atoms with Crippen LogP contribution in [0.1, 0.15) is 12.5 Å². The van der Waals surface area contributed by atoms with Gasteiger partial charge < -0.3 is 10.1 Å². The van der Waals surface area contributed by atoms with E-state index in [1.165, 1.54) is 12.1 Å². The molecule has 2 aromatic rings. The number of hydrogen-bond donors (Lipinski definition) is 1. The van der Waals surface area contributed by atoms with E-state index in [-0.39, 0.29) is 0 Å². The van der Waals surface area contributed by atoms with E-state index >= 15 is 0 Å². The van der Waals surface area contributed by atoms with Crippen LogP contribution in [0.5, 0.6) is 5.75 Å². The minimum atomic E-state index is -0.579. The van der Waals surface area contributed by atoms with Gasteiger partial charge in [-0.3, -0.25) is 0 Å². The quantitative estimate of drug-likeness (QED) is 0.898. The lowest BCUT2D eigenvalue weighted by Crippen LogP contribution is -2.12. The van der Waals surface area contributed by atoms with Crippen LogP contribution in [-0.2, 0) is 6.54 Å². The number of halogens is 2. The molecule has 0 unspecified atom stereocenters. The molecule has 0 radical (unpaired) electrons. The summed E-state index contributed by atoms with van der Waals surface area (Å²) in [6.07, 6.45) is 0. The van der Waals surface area contributed by atoms with E-state index in [0.717, 1.165) is 29.5 Å². The molecule has 2 rings (SSSR count). The van der Waals surface area contributed by atoms with Crippen LogP contribution in [0.3, 0.4) is 0 Å². The van der Waals surface area contributed by atoms with Gasteiger partial charge in [-0.1, -0.05) is 13.0 Å². The van der Waals surface area contributed by atoms with E-state index in [2.05, 4.69) is 5.32 Å². The van der Waals surface area contributed by atoms with Gasteiger partial charge in [0.15, 0.2) is 0 Å². The van der Waals surface area contributed by atoms with Crippen LogP contribution in [0.25, 0.3) is 11.1 Å². The van der Waals surface area contributed by atoms with Gasteiger partial charge in [0.25, 0.3) is 0 Å². The predicted octanol–water partition coefficient (Wildman–Crippen LogP) is 3.75. The molecule has 106 valence electrons. The maximum atomic E-state index is 13.4. The van der Waals surface area contributed by atoms with Crippen molar-refractivity contribution in [2.24, 2.45) is 0 Å². The van der Waals surface area contributed by atoms with Crippen molar-refractivity contribution >= 4 is 0 Å². The smallest absolute Gasteiger partial charge is 0.126 e. The zero-order valence-corrected chi connectivity index (χ0v) is 11.5. The molecule has 0 aromatic heterocycles. The van der Waals surface area contributed by atoms with Gasteiger partial charge in [0.1, 0.15) is 17.4 Å². The Labute approximate surface area is 117 Å². The second kappa shape index (κ2) is 6.48. The van der Waals surface area contributed by atoms with Crippen molar-refractivity contribution in [2.45, 2.75) is 13.5 Å². The predicted molar refractivity (Wildman–Crippen MR) is 75.7 cm³/mol. The summed E-state index contributed by atoms with van der Waals surface area (Å²) in [5, 5.41) is 3.21. The number of nitrogens with one attached hydrogen (secondary N) is 1. The summed E-state index contributed by atoms with van der Waals surface area (Å²) in [4.78, 5) is 0. The summed E-state index contributed by atoms with van der Waals surface area (Å²) in [7, 11) is 1.59. The third kappa shape index (κ3) is 3.33. The third-order valence-corrected chi connectivity index (χ3v) is 3.05. The van der Waals surface area contributed by atoms with Crippen LogP contribution in [0.4, 0.5) is 8.78 Å². The molecule has 0 aliphatic rings. The van der Waals surface area contributed by atoms with Gasteiger partial charge >= 0.3 is 0 Å². The molecule has 0 atom stereocenters. The average Bonchev–Trinajstić information content (AvgIpc) is 2.43. The fraction of sp³-hybridized carbons (Fsp3) is 0.250. The summed E-state index contributed by atoms with van der Waals surface area (Å²) in [6.45, 7) is 3.43. The topological polar surface area (TPSA) is 21.3 Å². The van der Waals surface area contributed by atoms with Crippen molar-refractivity contribution in [3.8, 4) is 16.9 Å². The van der Waals surface area contributed by atoms with Gasteiger partial charge in [-0.25, -0.2) is 8.78 Å². The lowest BCUT2D eigenvalue weighted by Gasteiger charge is -2.12. The highest BCUT2D eigenvalue weighted by Crippen LogP contribution is 2.28. The van der Waals surface area contributed by atoms with Crippen LogP contribution in [-0.4, -0.2) is 13.7 Å². The van der Waals surface area contributed by atoms with E-state index in [1.807, 2.05) is 19.1 Å². The third-order valence-electron chi connectivity index (χ3n) is 3.05. The Hall–Kier alpha value is -1.94. The molecule has 0 spiro atoms. The monoisotopic (exact) mass is 277 g/mol. The van der Waals surface area contributed by atoms with Crippen molar-refractivity contribution in [2.75, 3.05) is 13.7 Å². The molecule has 0 aliphatic carbocycles. The molecule has 0 bridgehead atoms. The molecule has 2 nitrogen and oxygen atoms in total. The zero-order chi connectivity index (χ0) is 14.5. The van der Waals surface area contributed by atoms with Crippen LogP contribution in [0.2, 0.25) is 0 Å². The molecule has 2 aromatic carbocycles. The maximum absolute atomic E-state index is 13.4. The van der Waals surface area contributed by atoms with E-state index in [1.54, 1.807) is 13.2 Å². The van der Waals surface area contributed by atoms with E-state index in [0.29, 0.717) is 12.1 Å². The zero-order valence-electron chi connectivity index (χ0n) is 11.5. The van der Waals surface area contributed by atoms with E-state index < -0.39 is 11.6 Å². The second-order valence-corrected chi connectivity index (χ2v) is 4.46. The average molecular weight is 277 g/mol. The molecular weight excluding hydrogens is 260 g/mol. The van der Waals surface area contributed by atoms with Crippen molar-refractivity contribution in [3.63, 3.8) is 0 Å². The van der Waals surface area contributed by atoms with E-state index in [4.69, 9.17) is 4.74 Å². The van der Waals surface area contributed by atoms with Crippen LogP contribution in [0.15, 0.2) is 36.4 Å². The largest absolute Gasteiger partial charge is 0.497 e. The fourth-order valence-electron chi connectivity index (χ4n) is 2.09. The molecule has 0 saturated heterocycles.